The Morgan fingerprint density at radius 1 is 1.50 bits per heavy atom. The first-order valence-electron chi connectivity index (χ1n) is 6.22. The fraction of sp³-hybridized carbons (Fsp3) is 0.615. The Kier molecular flexibility index (Phi) is 4.04. The van der Waals surface area contributed by atoms with Gasteiger partial charge in [-0.2, -0.15) is 0 Å². The molecule has 0 aromatic carbocycles. The van der Waals surface area contributed by atoms with E-state index < -0.39 is 5.97 Å². The zero-order valence-electron chi connectivity index (χ0n) is 10.8. The van der Waals surface area contributed by atoms with Crippen LogP contribution in [-0.4, -0.2) is 42.3 Å². The lowest BCUT2D eigenvalue weighted by Crippen LogP contribution is -2.37. The number of furan rings is 1. The van der Waals surface area contributed by atoms with Gasteiger partial charge in [0.1, 0.15) is 5.76 Å². The van der Waals surface area contributed by atoms with Gasteiger partial charge in [0.15, 0.2) is 0 Å². The summed E-state index contributed by atoms with van der Waals surface area (Å²) < 4.78 is 10.1. The van der Waals surface area contributed by atoms with Crippen molar-refractivity contribution in [3.8, 4) is 0 Å². The summed E-state index contributed by atoms with van der Waals surface area (Å²) >= 11 is 0. The first-order chi connectivity index (χ1) is 8.61. The third-order valence-electron chi connectivity index (χ3n) is 3.47. The van der Waals surface area contributed by atoms with Crippen LogP contribution in [0.2, 0.25) is 0 Å². The van der Waals surface area contributed by atoms with Crippen molar-refractivity contribution < 1.29 is 19.1 Å². The second kappa shape index (κ2) is 5.54. The maximum Gasteiger partial charge on any atom is 0.373 e. The number of carbonyl (C=O) groups excluding carboxylic acids is 1. The molecule has 100 valence electrons. The smallest absolute Gasteiger partial charge is 0.373 e. The standard InChI is InChI=1S/C13H19NO4/c1-9(14-7-5-10(15)6-8-14)11-3-4-12(18-11)13(16)17-2/h3-4,9-10,15H,5-8H2,1-2H3. The minimum atomic E-state index is -0.456. The van der Waals surface area contributed by atoms with Gasteiger partial charge in [-0.1, -0.05) is 0 Å². The molecule has 0 bridgehead atoms. The van der Waals surface area contributed by atoms with Gasteiger partial charge in [0.05, 0.1) is 19.3 Å². The maximum atomic E-state index is 11.3. The molecule has 1 N–H and O–H groups in total. The van der Waals surface area contributed by atoms with Gasteiger partial charge in [-0.25, -0.2) is 4.79 Å². The maximum absolute atomic E-state index is 11.3. The number of aliphatic hydroxyl groups is 1. The van der Waals surface area contributed by atoms with Crippen molar-refractivity contribution >= 4 is 5.97 Å². The summed E-state index contributed by atoms with van der Waals surface area (Å²) in [7, 11) is 1.33. The summed E-state index contributed by atoms with van der Waals surface area (Å²) in [5.74, 6) is 0.533. The van der Waals surface area contributed by atoms with E-state index in [0.29, 0.717) is 0 Å². The number of esters is 1. The van der Waals surface area contributed by atoms with E-state index in [4.69, 9.17) is 4.42 Å². The predicted molar refractivity (Wildman–Crippen MR) is 65.3 cm³/mol. The van der Waals surface area contributed by atoms with Crippen molar-refractivity contribution in [1.82, 2.24) is 4.90 Å². The molecule has 1 fully saturated rings. The van der Waals surface area contributed by atoms with Crippen LogP contribution < -0.4 is 0 Å². The van der Waals surface area contributed by atoms with Crippen LogP contribution in [0.1, 0.15) is 42.1 Å². The summed E-state index contributed by atoms with van der Waals surface area (Å²) in [4.78, 5) is 13.5. The number of hydrogen-bond donors (Lipinski definition) is 1. The number of aliphatic hydroxyl groups excluding tert-OH is 1. The summed E-state index contributed by atoms with van der Waals surface area (Å²) in [6, 6.07) is 3.55. The lowest BCUT2D eigenvalue weighted by Gasteiger charge is -2.33. The molecule has 2 rings (SSSR count). The monoisotopic (exact) mass is 253 g/mol. The molecule has 18 heavy (non-hydrogen) atoms. The number of piperidine rings is 1. The fourth-order valence-electron chi connectivity index (χ4n) is 2.24. The van der Waals surface area contributed by atoms with Crippen molar-refractivity contribution in [3.63, 3.8) is 0 Å². The third-order valence-corrected chi connectivity index (χ3v) is 3.47. The second-order valence-electron chi connectivity index (χ2n) is 4.64. The van der Waals surface area contributed by atoms with Crippen LogP contribution in [0.5, 0.6) is 0 Å². The highest BCUT2D eigenvalue weighted by Crippen LogP contribution is 2.25. The number of ether oxygens (including phenoxy) is 1. The number of nitrogens with zero attached hydrogens (tertiary/aromatic N) is 1. The van der Waals surface area contributed by atoms with Gasteiger partial charge in [0, 0.05) is 13.1 Å². The van der Waals surface area contributed by atoms with Crippen LogP contribution in [0.4, 0.5) is 0 Å². The molecule has 0 radical (unpaired) electrons. The van der Waals surface area contributed by atoms with Gasteiger partial charge in [0.25, 0.3) is 0 Å². The van der Waals surface area contributed by atoms with E-state index in [0.717, 1.165) is 31.7 Å². The average molecular weight is 253 g/mol. The first-order valence-corrected chi connectivity index (χ1v) is 6.22. The van der Waals surface area contributed by atoms with Crippen molar-refractivity contribution in [3.05, 3.63) is 23.7 Å². The minimum absolute atomic E-state index is 0.107. The van der Waals surface area contributed by atoms with E-state index in [9.17, 15) is 9.90 Å². The zero-order valence-corrected chi connectivity index (χ0v) is 10.8. The summed E-state index contributed by atoms with van der Waals surface area (Å²) in [5, 5.41) is 9.48. The lowest BCUT2D eigenvalue weighted by atomic mass is 10.1. The molecule has 1 saturated heterocycles. The molecule has 0 amide bonds. The molecule has 1 aromatic heterocycles. The molecule has 1 atom stereocenters. The Labute approximate surface area is 106 Å². The van der Waals surface area contributed by atoms with Crippen LogP contribution >= 0.6 is 0 Å². The summed E-state index contributed by atoms with van der Waals surface area (Å²) in [6.45, 7) is 3.73. The predicted octanol–water partition coefficient (Wildman–Crippen LogP) is 1.58. The molecule has 0 saturated carbocycles. The minimum Gasteiger partial charge on any atom is -0.463 e. The molecular weight excluding hydrogens is 234 g/mol. The van der Waals surface area contributed by atoms with Crippen LogP contribution in [0, 0.1) is 0 Å². The molecule has 0 spiro atoms. The number of hydrogen-bond acceptors (Lipinski definition) is 5. The molecule has 5 nitrogen and oxygen atoms in total. The fourth-order valence-corrected chi connectivity index (χ4v) is 2.24. The van der Waals surface area contributed by atoms with Crippen LogP contribution in [0.15, 0.2) is 16.5 Å². The SMILES string of the molecule is COC(=O)c1ccc(C(C)N2CCC(O)CC2)o1. The van der Waals surface area contributed by atoms with E-state index in [1.807, 2.05) is 13.0 Å². The summed E-state index contributed by atoms with van der Waals surface area (Å²) in [6.07, 6.45) is 1.39. The van der Waals surface area contributed by atoms with Gasteiger partial charge in [-0.15, -0.1) is 0 Å². The second-order valence-corrected chi connectivity index (χ2v) is 4.64. The van der Waals surface area contributed by atoms with Crippen LogP contribution in [0.25, 0.3) is 0 Å². The molecular formula is C13H19NO4. The quantitative estimate of drug-likeness (QED) is 0.829. The highest BCUT2D eigenvalue weighted by atomic mass is 16.5. The summed E-state index contributed by atoms with van der Waals surface area (Å²) in [5.41, 5.74) is 0. The number of rotatable bonds is 3. The Balaban J connectivity index is 2.02. The highest BCUT2D eigenvalue weighted by molar-refractivity contribution is 5.86. The van der Waals surface area contributed by atoms with Gasteiger partial charge in [-0.05, 0) is 31.9 Å². The van der Waals surface area contributed by atoms with Crippen molar-refractivity contribution in [2.24, 2.45) is 0 Å². The highest BCUT2D eigenvalue weighted by Gasteiger charge is 2.24. The van der Waals surface area contributed by atoms with E-state index in [2.05, 4.69) is 9.64 Å². The topological polar surface area (TPSA) is 62.9 Å². The molecule has 1 unspecified atom stereocenters. The van der Waals surface area contributed by atoms with E-state index in [1.165, 1.54) is 7.11 Å². The average Bonchev–Trinajstić information content (AvgIpc) is 2.87. The van der Waals surface area contributed by atoms with Gasteiger partial charge in [-0.3, -0.25) is 4.90 Å². The van der Waals surface area contributed by atoms with Crippen molar-refractivity contribution in [2.75, 3.05) is 20.2 Å². The molecule has 1 aliphatic rings. The van der Waals surface area contributed by atoms with E-state index >= 15 is 0 Å². The van der Waals surface area contributed by atoms with Gasteiger partial charge < -0.3 is 14.3 Å². The third kappa shape index (κ3) is 2.73. The van der Waals surface area contributed by atoms with Gasteiger partial charge in [0.2, 0.25) is 5.76 Å². The largest absolute Gasteiger partial charge is 0.463 e. The molecule has 5 heteroatoms. The Morgan fingerprint density at radius 3 is 2.78 bits per heavy atom. The Hall–Kier alpha value is -1.33. The normalized spacial score (nSPS) is 19.7. The van der Waals surface area contributed by atoms with E-state index in [-0.39, 0.29) is 17.9 Å². The van der Waals surface area contributed by atoms with Crippen molar-refractivity contribution in [2.45, 2.75) is 31.9 Å². The Morgan fingerprint density at radius 2 is 2.17 bits per heavy atom. The van der Waals surface area contributed by atoms with Crippen LogP contribution in [-0.2, 0) is 4.74 Å². The molecule has 2 heterocycles. The Bertz CT molecular complexity index is 407. The molecule has 1 aromatic rings. The van der Waals surface area contributed by atoms with E-state index in [1.54, 1.807) is 6.07 Å². The number of carbonyl (C=O) groups is 1. The zero-order chi connectivity index (χ0) is 13.1. The number of methoxy groups -OCH3 is 1. The van der Waals surface area contributed by atoms with Crippen molar-refractivity contribution in [1.29, 1.82) is 0 Å². The van der Waals surface area contributed by atoms with Crippen LogP contribution in [0.3, 0.4) is 0 Å². The lowest BCUT2D eigenvalue weighted by molar-refractivity contribution is 0.0528. The number of likely N-dealkylation sites (tertiary alicyclic amines) is 1. The molecule has 1 aliphatic heterocycles. The first kappa shape index (κ1) is 13.1. The van der Waals surface area contributed by atoms with Gasteiger partial charge >= 0.3 is 5.97 Å². The molecule has 0 aliphatic carbocycles.